The number of imide groups is 1. The van der Waals surface area contributed by atoms with Crippen molar-refractivity contribution in [3.05, 3.63) is 40.6 Å². The molecule has 3 heterocycles. The summed E-state index contributed by atoms with van der Waals surface area (Å²) in [4.78, 5) is 32.6. The zero-order valence-electron chi connectivity index (χ0n) is 27.4. The number of rotatable bonds is 7. The third-order valence-electron chi connectivity index (χ3n) is 6.01. The van der Waals surface area contributed by atoms with E-state index < -0.39 is 11.6 Å². The van der Waals surface area contributed by atoms with Gasteiger partial charge in [0.25, 0.3) is 0 Å². The van der Waals surface area contributed by atoms with Gasteiger partial charge in [0.05, 0.1) is 48.3 Å². The van der Waals surface area contributed by atoms with Crippen molar-refractivity contribution in [2.24, 2.45) is 11.7 Å². The Morgan fingerprint density at radius 1 is 1.20 bits per heavy atom. The number of nitrogens with zero attached hydrogens (tertiary/aromatic N) is 3. The molecule has 13 heteroatoms. The molecule has 248 valence electrons. The predicted molar refractivity (Wildman–Crippen MR) is 171 cm³/mol. The molecule has 1 aromatic heterocycles. The molecule has 0 spiro atoms. The average molecular weight is 642 g/mol. The molecule has 0 bridgehead atoms. The van der Waals surface area contributed by atoms with Crippen LogP contribution in [0, 0.1) is 17.6 Å². The lowest BCUT2D eigenvalue weighted by molar-refractivity contribution is -0.123. The van der Waals surface area contributed by atoms with E-state index in [9.17, 15) is 14.4 Å². The summed E-state index contributed by atoms with van der Waals surface area (Å²) in [6.45, 7) is 19.8. The van der Waals surface area contributed by atoms with E-state index in [1.165, 1.54) is 31.7 Å². The van der Waals surface area contributed by atoms with Crippen LogP contribution in [0.2, 0.25) is 0 Å². The van der Waals surface area contributed by atoms with E-state index in [0.717, 1.165) is 6.29 Å². The standard InChI is InChI=1S/C22H25F2N3O3S.C3H5NO2.C3H8.C2H6.CH5N/c1-5-29-11(2)6-17-25-26-22(31-17)16-8-14-7-15(10-28)20-13(4)30-12(3)9-27(20)21(14)19(24)18(16)23;1-3(6)4-2-5;1-3-2;2*1-2/h8,10,12-13,15,20H,2,5-7,9H2,1,3-4H3;2H,1H3,(H,4,5,6);3H2,1-2H3;1-2H3;2H2,1H3/t12?,13-,15?,20+;;;;/m1..../s1. The van der Waals surface area contributed by atoms with Crippen LogP contribution in [0.15, 0.2) is 18.4 Å². The molecule has 2 aliphatic rings. The summed E-state index contributed by atoms with van der Waals surface area (Å²) in [7, 11) is 1.50. The van der Waals surface area contributed by atoms with E-state index in [2.05, 4.69) is 36.4 Å². The number of halogens is 2. The van der Waals surface area contributed by atoms with Gasteiger partial charge in [-0.15, -0.1) is 10.2 Å². The molecule has 44 heavy (non-hydrogen) atoms. The minimum atomic E-state index is -0.958. The van der Waals surface area contributed by atoms with Gasteiger partial charge in [-0.05, 0) is 45.9 Å². The molecule has 4 atom stereocenters. The van der Waals surface area contributed by atoms with Gasteiger partial charge in [-0.2, -0.15) is 0 Å². The summed E-state index contributed by atoms with van der Waals surface area (Å²) in [6.07, 6.45) is 2.74. The predicted octanol–water partition coefficient (Wildman–Crippen LogP) is 5.23. The number of allylic oxidation sites excluding steroid dienone is 1. The molecule has 1 aromatic carbocycles. The van der Waals surface area contributed by atoms with Crippen LogP contribution in [-0.2, 0) is 36.7 Å². The summed E-state index contributed by atoms with van der Waals surface area (Å²) < 4.78 is 41.8. The number of ether oxygens (including phenoxy) is 2. The van der Waals surface area contributed by atoms with Crippen LogP contribution >= 0.6 is 11.3 Å². The summed E-state index contributed by atoms with van der Waals surface area (Å²) in [5.74, 6) is -2.03. The lowest BCUT2D eigenvalue weighted by Gasteiger charge is -2.49. The van der Waals surface area contributed by atoms with Gasteiger partial charge in [0, 0.05) is 19.4 Å². The van der Waals surface area contributed by atoms with Crippen molar-refractivity contribution in [3.63, 3.8) is 0 Å². The van der Waals surface area contributed by atoms with E-state index >= 15 is 8.78 Å². The van der Waals surface area contributed by atoms with E-state index in [-0.39, 0.29) is 46.3 Å². The minimum Gasteiger partial charge on any atom is -0.498 e. The number of aromatic nitrogens is 2. The first kappa shape index (κ1) is 40.7. The van der Waals surface area contributed by atoms with Crippen molar-refractivity contribution in [1.82, 2.24) is 15.5 Å². The molecule has 3 N–H and O–H groups in total. The largest absolute Gasteiger partial charge is 0.498 e. The van der Waals surface area contributed by atoms with E-state index in [1.807, 2.05) is 39.9 Å². The second-order valence-electron chi connectivity index (χ2n) is 9.53. The van der Waals surface area contributed by atoms with Crippen molar-refractivity contribution in [1.29, 1.82) is 0 Å². The quantitative estimate of drug-likeness (QED) is 0.308. The van der Waals surface area contributed by atoms with Crippen molar-refractivity contribution in [3.8, 4) is 10.6 Å². The smallest absolute Gasteiger partial charge is 0.223 e. The molecule has 4 rings (SSSR count). The molecule has 2 unspecified atom stereocenters. The highest BCUT2D eigenvalue weighted by Crippen LogP contribution is 2.43. The second-order valence-corrected chi connectivity index (χ2v) is 10.6. The lowest BCUT2D eigenvalue weighted by Crippen LogP contribution is -2.59. The lowest BCUT2D eigenvalue weighted by atomic mass is 9.82. The van der Waals surface area contributed by atoms with Crippen LogP contribution in [0.25, 0.3) is 10.6 Å². The van der Waals surface area contributed by atoms with Crippen molar-refractivity contribution in [2.75, 3.05) is 25.1 Å². The topological polar surface area (TPSA) is 137 Å². The summed E-state index contributed by atoms with van der Waals surface area (Å²) in [5.41, 5.74) is 5.37. The van der Waals surface area contributed by atoms with Gasteiger partial charge < -0.3 is 24.9 Å². The number of amides is 2. The van der Waals surface area contributed by atoms with Crippen LogP contribution in [0.1, 0.15) is 72.4 Å². The number of nitrogens with one attached hydrogen (secondary N) is 1. The molecular weight excluding hydrogens is 592 g/mol. The van der Waals surface area contributed by atoms with E-state index in [4.69, 9.17) is 9.47 Å². The number of nitrogens with two attached hydrogens (primary N) is 1. The number of fused-ring (bicyclic) bond motifs is 3. The van der Waals surface area contributed by atoms with Crippen LogP contribution in [0.4, 0.5) is 14.5 Å². The van der Waals surface area contributed by atoms with E-state index in [0.29, 0.717) is 48.7 Å². The molecule has 0 radical (unpaired) electrons. The SMILES string of the molecule is C=C(Cc1nnc(-c2cc3c(c(F)c2F)N2CC(C)O[C@H](C)[C@H]2C(C=O)C3)s1)OCC.CC.CC(=O)NC=O.CCC.CN. The van der Waals surface area contributed by atoms with Gasteiger partial charge >= 0.3 is 0 Å². The molecular formula is C31H49F2N5O5S. The molecule has 2 aliphatic heterocycles. The summed E-state index contributed by atoms with van der Waals surface area (Å²) >= 11 is 1.17. The molecule has 0 aliphatic carbocycles. The number of morpholine rings is 1. The fourth-order valence-corrected chi connectivity index (χ4v) is 5.57. The van der Waals surface area contributed by atoms with Gasteiger partial charge in [0.2, 0.25) is 12.3 Å². The maximum absolute atomic E-state index is 15.4. The van der Waals surface area contributed by atoms with Crippen molar-refractivity contribution >= 4 is 35.6 Å². The fourth-order valence-electron chi connectivity index (χ4n) is 4.70. The molecule has 0 saturated carbocycles. The van der Waals surface area contributed by atoms with Gasteiger partial charge in [-0.25, -0.2) is 8.78 Å². The molecule has 2 amide bonds. The van der Waals surface area contributed by atoms with Gasteiger partial charge in [0.15, 0.2) is 16.6 Å². The highest BCUT2D eigenvalue weighted by atomic mass is 32.1. The monoisotopic (exact) mass is 641 g/mol. The van der Waals surface area contributed by atoms with Gasteiger partial charge in [-0.3, -0.25) is 14.9 Å². The molecule has 2 aromatic rings. The Balaban J connectivity index is 0.00000122. The maximum Gasteiger partial charge on any atom is 0.223 e. The van der Waals surface area contributed by atoms with Crippen molar-refractivity contribution in [2.45, 2.75) is 92.9 Å². The van der Waals surface area contributed by atoms with Crippen LogP contribution in [-0.4, -0.2) is 67.2 Å². The molecule has 1 saturated heterocycles. The maximum atomic E-state index is 15.4. The first-order valence-corrected chi connectivity index (χ1v) is 15.6. The highest BCUT2D eigenvalue weighted by molar-refractivity contribution is 7.14. The first-order chi connectivity index (χ1) is 21.0. The third-order valence-corrected chi connectivity index (χ3v) is 6.97. The third kappa shape index (κ3) is 11.3. The minimum absolute atomic E-state index is 0.0551. The van der Waals surface area contributed by atoms with Gasteiger partial charge in [0.1, 0.15) is 11.3 Å². The summed E-state index contributed by atoms with van der Waals surface area (Å²) in [5, 5.41) is 10.9. The molecule has 10 nitrogen and oxygen atoms in total. The summed E-state index contributed by atoms with van der Waals surface area (Å²) in [6, 6.07) is 1.28. The first-order valence-electron chi connectivity index (χ1n) is 14.8. The van der Waals surface area contributed by atoms with E-state index in [1.54, 1.807) is 11.0 Å². The second kappa shape index (κ2) is 21.4. The Bertz CT molecular complexity index is 1200. The highest BCUT2D eigenvalue weighted by Gasteiger charge is 2.44. The Kier molecular flexibility index (Phi) is 19.8. The zero-order chi connectivity index (χ0) is 34.0. The van der Waals surface area contributed by atoms with Crippen LogP contribution in [0.5, 0.6) is 0 Å². The number of hydrogen-bond donors (Lipinski definition) is 2. The Hall–Kier alpha value is -3.29. The Morgan fingerprint density at radius 2 is 1.82 bits per heavy atom. The molecule has 1 fully saturated rings. The van der Waals surface area contributed by atoms with Gasteiger partial charge in [-0.1, -0.05) is 52.0 Å². The van der Waals surface area contributed by atoms with Crippen LogP contribution < -0.4 is 16.0 Å². The Labute approximate surface area is 264 Å². The number of carbonyl (C=O) groups excluding carboxylic acids is 3. The number of carbonyl (C=O) groups is 3. The Morgan fingerprint density at radius 3 is 2.32 bits per heavy atom. The number of benzene rings is 1. The van der Waals surface area contributed by atoms with Crippen LogP contribution in [0.3, 0.4) is 0 Å². The zero-order valence-corrected chi connectivity index (χ0v) is 28.2. The fraction of sp³-hybridized carbons (Fsp3) is 0.581. The number of anilines is 1. The average Bonchev–Trinajstić information content (AvgIpc) is 3.45. The number of aldehydes is 1. The normalized spacial score (nSPS) is 19.2. The van der Waals surface area contributed by atoms with Crippen molar-refractivity contribution < 1.29 is 32.6 Å². The number of hydrogen-bond acceptors (Lipinski definition) is 10.